The summed E-state index contributed by atoms with van der Waals surface area (Å²) < 4.78 is 1.53. The molecule has 3 aromatic heterocycles. The van der Waals surface area contributed by atoms with Crippen LogP contribution in [0, 0.1) is 5.92 Å². The first-order chi connectivity index (χ1) is 14.6. The summed E-state index contributed by atoms with van der Waals surface area (Å²) in [4.78, 5) is 33.1. The number of nitrogens with one attached hydrogen (secondary N) is 2. The summed E-state index contributed by atoms with van der Waals surface area (Å²) in [5.74, 6) is 1.46. The minimum Gasteiger partial charge on any atom is -0.310 e. The number of anilines is 1. The molecule has 1 saturated carbocycles. The number of carbonyl (C=O) groups is 1. The maximum Gasteiger partial charge on any atom is 0.252 e. The fraction of sp³-hybridized carbons (Fsp3) is 0.455. The molecule has 30 heavy (non-hydrogen) atoms. The number of amides is 1. The Balaban J connectivity index is 1.61. The molecule has 1 amide bonds. The number of hydrogen-bond donors (Lipinski definition) is 2. The van der Waals surface area contributed by atoms with Gasteiger partial charge < -0.3 is 5.32 Å². The number of carbonyl (C=O) groups excluding carboxylic acids is 1. The highest BCUT2D eigenvalue weighted by atomic mass is 32.1. The third-order valence-electron chi connectivity index (χ3n) is 5.49. The Hall–Kier alpha value is -2.74. The quantitative estimate of drug-likeness (QED) is 0.554. The van der Waals surface area contributed by atoms with Gasteiger partial charge in [-0.3, -0.25) is 14.6 Å². The molecule has 1 aliphatic carbocycles. The lowest BCUT2D eigenvalue weighted by Crippen LogP contribution is -2.19. The third-order valence-corrected chi connectivity index (χ3v) is 6.39. The van der Waals surface area contributed by atoms with E-state index >= 15 is 0 Å². The number of H-pyrrole nitrogens is 1. The van der Waals surface area contributed by atoms with Gasteiger partial charge in [0.15, 0.2) is 0 Å². The number of aromatic amines is 1. The summed E-state index contributed by atoms with van der Waals surface area (Å²) in [5, 5.41) is 9.61. The summed E-state index contributed by atoms with van der Waals surface area (Å²) >= 11 is 1.57. The van der Waals surface area contributed by atoms with Crippen LogP contribution in [0.2, 0.25) is 0 Å². The number of thiophene rings is 1. The van der Waals surface area contributed by atoms with Crippen molar-refractivity contribution in [2.45, 2.75) is 58.3 Å². The molecule has 1 fully saturated rings. The lowest BCUT2D eigenvalue weighted by atomic mass is 10.0. The highest BCUT2D eigenvalue weighted by Gasteiger charge is 2.19. The van der Waals surface area contributed by atoms with Gasteiger partial charge in [0, 0.05) is 24.2 Å². The first kappa shape index (κ1) is 20.5. The summed E-state index contributed by atoms with van der Waals surface area (Å²) in [6, 6.07) is 7.29. The van der Waals surface area contributed by atoms with Crippen LogP contribution >= 0.6 is 11.3 Å². The Labute approximate surface area is 179 Å². The maximum absolute atomic E-state index is 12.6. The molecule has 1 aliphatic rings. The first-order valence-electron chi connectivity index (χ1n) is 10.7. The Morgan fingerprint density at radius 1 is 1.33 bits per heavy atom. The van der Waals surface area contributed by atoms with Gasteiger partial charge in [-0.2, -0.15) is 9.78 Å². The smallest absolute Gasteiger partial charge is 0.252 e. The molecule has 7 nitrogen and oxygen atoms in total. The SMILES string of the molecule is CCCc1cc(=O)[nH]c(-n2nc(-c3cccs3)cc2NC(=O)CCC2CCCC2)n1. The van der Waals surface area contributed by atoms with Gasteiger partial charge in [-0.1, -0.05) is 45.1 Å². The van der Waals surface area contributed by atoms with Gasteiger partial charge in [-0.15, -0.1) is 11.3 Å². The molecule has 3 heterocycles. The van der Waals surface area contributed by atoms with Crippen LogP contribution in [0.15, 0.2) is 34.4 Å². The van der Waals surface area contributed by atoms with Gasteiger partial charge in [0.1, 0.15) is 11.5 Å². The van der Waals surface area contributed by atoms with Crippen LogP contribution in [0.4, 0.5) is 5.82 Å². The number of hydrogen-bond acceptors (Lipinski definition) is 5. The molecule has 0 unspecified atom stereocenters. The Bertz CT molecular complexity index is 1050. The zero-order valence-corrected chi connectivity index (χ0v) is 18.0. The fourth-order valence-electron chi connectivity index (χ4n) is 3.99. The molecule has 4 rings (SSSR count). The average Bonchev–Trinajstić information content (AvgIpc) is 3.47. The average molecular weight is 426 g/mol. The summed E-state index contributed by atoms with van der Waals surface area (Å²) in [6.45, 7) is 2.04. The molecule has 0 aliphatic heterocycles. The topological polar surface area (TPSA) is 92.7 Å². The van der Waals surface area contributed by atoms with Crippen molar-refractivity contribution < 1.29 is 4.79 Å². The van der Waals surface area contributed by atoms with Crippen molar-refractivity contribution in [1.29, 1.82) is 0 Å². The van der Waals surface area contributed by atoms with E-state index in [0.717, 1.165) is 23.4 Å². The van der Waals surface area contributed by atoms with Crippen molar-refractivity contribution in [3.63, 3.8) is 0 Å². The van der Waals surface area contributed by atoms with E-state index in [-0.39, 0.29) is 11.5 Å². The third kappa shape index (κ3) is 4.87. The van der Waals surface area contributed by atoms with E-state index in [1.807, 2.05) is 30.5 Å². The Morgan fingerprint density at radius 3 is 2.90 bits per heavy atom. The minimum absolute atomic E-state index is 0.0344. The van der Waals surface area contributed by atoms with Gasteiger partial charge in [-0.25, -0.2) is 4.98 Å². The second-order valence-electron chi connectivity index (χ2n) is 7.85. The van der Waals surface area contributed by atoms with Crippen molar-refractivity contribution in [1.82, 2.24) is 19.7 Å². The highest BCUT2D eigenvalue weighted by molar-refractivity contribution is 7.13. The van der Waals surface area contributed by atoms with Crippen LogP contribution in [0.5, 0.6) is 0 Å². The molecule has 2 N–H and O–H groups in total. The summed E-state index contributed by atoms with van der Waals surface area (Å²) in [5.41, 5.74) is 1.22. The van der Waals surface area contributed by atoms with Crippen LogP contribution in [0.1, 0.15) is 57.6 Å². The molecule has 158 valence electrons. The first-order valence-corrected chi connectivity index (χ1v) is 11.5. The van der Waals surface area contributed by atoms with Crippen molar-refractivity contribution in [2.24, 2.45) is 5.92 Å². The number of aromatic nitrogens is 4. The van der Waals surface area contributed by atoms with E-state index < -0.39 is 0 Å². The Morgan fingerprint density at radius 2 is 2.17 bits per heavy atom. The number of rotatable bonds is 8. The molecule has 0 bridgehead atoms. The molecule has 0 aromatic carbocycles. The normalized spacial score (nSPS) is 14.3. The van der Waals surface area contributed by atoms with E-state index in [1.54, 1.807) is 11.3 Å². The second kappa shape index (κ2) is 9.38. The zero-order chi connectivity index (χ0) is 20.9. The lowest BCUT2D eigenvalue weighted by Gasteiger charge is -2.10. The maximum atomic E-state index is 12.6. The molecular formula is C22H27N5O2S. The number of aryl methyl sites for hydroxylation is 1. The van der Waals surface area contributed by atoms with Crippen molar-refractivity contribution in [3.8, 4) is 16.5 Å². The molecule has 0 radical (unpaired) electrons. The lowest BCUT2D eigenvalue weighted by molar-refractivity contribution is -0.116. The van der Waals surface area contributed by atoms with Crippen LogP contribution < -0.4 is 10.9 Å². The van der Waals surface area contributed by atoms with Crippen LogP contribution in [0.3, 0.4) is 0 Å². The van der Waals surface area contributed by atoms with E-state index in [9.17, 15) is 9.59 Å². The van der Waals surface area contributed by atoms with Crippen LogP contribution in [-0.4, -0.2) is 25.7 Å². The molecule has 0 spiro atoms. The van der Waals surface area contributed by atoms with Crippen molar-refractivity contribution in [3.05, 3.63) is 45.7 Å². The molecular weight excluding hydrogens is 398 g/mol. The summed E-state index contributed by atoms with van der Waals surface area (Å²) in [7, 11) is 0. The van der Waals surface area contributed by atoms with E-state index in [4.69, 9.17) is 0 Å². The second-order valence-corrected chi connectivity index (χ2v) is 8.80. The predicted octanol–water partition coefficient (Wildman–Crippen LogP) is 4.55. The van der Waals surface area contributed by atoms with E-state index in [0.29, 0.717) is 36.2 Å². The predicted molar refractivity (Wildman–Crippen MR) is 119 cm³/mol. The highest BCUT2D eigenvalue weighted by Crippen LogP contribution is 2.30. The van der Waals surface area contributed by atoms with E-state index in [1.165, 1.54) is 36.4 Å². The minimum atomic E-state index is -0.227. The van der Waals surface area contributed by atoms with Crippen molar-refractivity contribution in [2.75, 3.05) is 5.32 Å². The largest absolute Gasteiger partial charge is 0.310 e. The monoisotopic (exact) mass is 425 g/mol. The molecule has 8 heteroatoms. The molecule has 0 atom stereocenters. The number of nitrogens with zero attached hydrogens (tertiary/aromatic N) is 3. The molecule has 3 aromatic rings. The molecule has 0 saturated heterocycles. The van der Waals surface area contributed by atoms with Gasteiger partial charge in [-0.05, 0) is 30.2 Å². The van der Waals surface area contributed by atoms with Gasteiger partial charge in [0.05, 0.1) is 4.88 Å². The van der Waals surface area contributed by atoms with Crippen LogP contribution in [-0.2, 0) is 11.2 Å². The standard InChI is InChI=1S/C22H27N5O2S/c1-2-6-16-13-21(29)25-22(23-16)27-19(14-17(26-27)18-9-5-12-30-18)24-20(28)11-10-15-7-3-4-8-15/h5,9,12-15H,2-4,6-8,10-11H2,1H3,(H,24,28)(H,23,25,29). The van der Waals surface area contributed by atoms with Crippen molar-refractivity contribution >= 4 is 23.1 Å². The van der Waals surface area contributed by atoms with E-state index in [2.05, 4.69) is 20.4 Å². The van der Waals surface area contributed by atoms with Gasteiger partial charge in [0.25, 0.3) is 5.56 Å². The summed E-state index contributed by atoms with van der Waals surface area (Å²) in [6.07, 6.45) is 8.00. The Kier molecular flexibility index (Phi) is 6.42. The van der Waals surface area contributed by atoms with Gasteiger partial charge >= 0.3 is 0 Å². The van der Waals surface area contributed by atoms with Gasteiger partial charge in [0.2, 0.25) is 11.9 Å². The fourth-order valence-corrected chi connectivity index (χ4v) is 4.68. The van der Waals surface area contributed by atoms with Crippen LogP contribution in [0.25, 0.3) is 16.5 Å². The zero-order valence-electron chi connectivity index (χ0n) is 17.2.